The van der Waals surface area contributed by atoms with Gasteiger partial charge in [0.1, 0.15) is 5.76 Å². The molecule has 0 aromatic carbocycles. The van der Waals surface area contributed by atoms with Gasteiger partial charge in [0.05, 0.1) is 19.3 Å². The lowest BCUT2D eigenvalue weighted by atomic mass is 10.0. The number of carbonyl (C=O) groups is 1. The van der Waals surface area contributed by atoms with E-state index < -0.39 is 0 Å². The zero-order valence-electron chi connectivity index (χ0n) is 14.9. The van der Waals surface area contributed by atoms with Gasteiger partial charge in [-0.3, -0.25) is 4.79 Å². The van der Waals surface area contributed by atoms with Crippen molar-refractivity contribution in [1.29, 1.82) is 0 Å². The number of morpholine rings is 1. The lowest BCUT2D eigenvalue weighted by Crippen LogP contribution is -2.45. The summed E-state index contributed by atoms with van der Waals surface area (Å²) in [5.74, 6) is 1.95. The molecule has 0 saturated carbocycles. The fourth-order valence-corrected chi connectivity index (χ4v) is 2.88. The smallest absolute Gasteiger partial charge is 0.289 e. The topological polar surface area (TPSA) is 45.9 Å². The minimum absolute atomic E-state index is 0.0211. The van der Waals surface area contributed by atoms with Crippen molar-refractivity contribution in [3.05, 3.63) is 23.7 Å². The van der Waals surface area contributed by atoms with Gasteiger partial charge in [-0.05, 0) is 38.6 Å². The van der Waals surface area contributed by atoms with E-state index in [1.807, 2.05) is 30.0 Å². The predicted molar refractivity (Wildman–Crippen MR) is 90.4 cm³/mol. The van der Waals surface area contributed by atoms with Gasteiger partial charge in [-0.15, -0.1) is 0 Å². The van der Waals surface area contributed by atoms with Gasteiger partial charge in [0.2, 0.25) is 0 Å². The van der Waals surface area contributed by atoms with E-state index in [9.17, 15) is 4.79 Å². The van der Waals surface area contributed by atoms with Gasteiger partial charge in [0.25, 0.3) is 5.91 Å². The first-order valence-electron chi connectivity index (χ1n) is 8.60. The fraction of sp³-hybridized carbons (Fsp3) is 0.722. The van der Waals surface area contributed by atoms with Crippen molar-refractivity contribution in [1.82, 2.24) is 9.80 Å². The summed E-state index contributed by atoms with van der Waals surface area (Å²) in [4.78, 5) is 16.5. The van der Waals surface area contributed by atoms with Crippen molar-refractivity contribution in [3.63, 3.8) is 0 Å². The van der Waals surface area contributed by atoms with Crippen LogP contribution in [-0.4, -0.2) is 55.6 Å². The Morgan fingerprint density at radius 1 is 1.39 bits per heavy atom. The van der Waals surface area contributed by atoms with E-state index in [0.717, 1.165) is 24.5 Å². The van der Waals surface area contributed by atoms with Crippen molar-refractivity contribution in [2.24, 2.45) is 5.92 Å². The molecule has 5 nitrogen and oxygen atoms in total. The first kappa shape index (κ1) is 18.0. The highest BCUT2D eigenvalue weighted by Gasteiger charge is 2.26. The van der Waals surface area contributed by atoms with Gasteiger partial charge >= 0.3 is 0 Å². The standard InChI is InChI=1S/C18H30N2O3/c1-14(2)6-5-7-15-13-20(10-11-22-15)18(21)17-9-8-16(23-17)12-19(3)4/h8-9,14-15H,5-7,10-13H2,1-4H3/t15-/m0/s1. The molecule has 2 rings (SSSR count). The number of rotatable bonds is 7. The van der Waals surface area contributed by atoms with Crippen LogP contribution in [0.25, 0.3) is 0 Å². The third kappa shape index (κ3) is 5.66. The Kier molecular flexibility index (Phi) is 6.66. The fourth-order valence-electron chi connectivity index (χ4n) is 2.88. The number of ether oxygens (including phenoxy) is 1. The Bertz CT molecular complexity index is 496. The van der Waals surface area contributed by atoms with Crippen LogP contribution in [0.2, 0.25) is 0 Å². The second-order valence-electron chi connectivity index (χ2n) is 7.07. The molecule has 1 aromatic rings. The zero-order chi connectivity index (χ0) is 16.8. The third-order valence-corrected chi connectivity index (χ3v) is 4.08. The molecule has 0 aliphatic carbocycles. The summed E-state index contributed by atoms with van der Waals surface area (Å²) >= 11 is 0. The third-order valence-electron chi connectivity index (χ3n) is 4.08. The number of nitrogens with zero attached hydrogens (tertiary/aromatic N) is 2. The van der Waals surface area contributed by atoms with Gasteiger partial charge in [0, 0.05) is 13.1 Å². The van der Waals surface area contributed by atoms with Crippen LogP contribution in [0.3, 0.4) is 0 Å². The van der Waals surface area contributed by atoms with E-state index in [2.05, 4.69) is 13.8 Å². The molecule has 0 radical (unpaired) electrons. The van der Waals surface area contributed by atoms with Crippen LogP contribution in [0.5, 0.6) is 0 Å². The maximum Gasteiger partial charge on any atom is 0.289 e. The highest BCUT2D eigenvalue weighted by molar-refractivity contribution is 5.91. The molecule has 1 aliphatic heterocycles. The molecule has 2 heterocycles. The number of furan rings is 1. The van der Waals surface area contributed by atoms with Gasteiger partial charge in [0.15, 0.2) is 5.76 Å². The molecule has 5 heteroatoms. The molecule has 0 bridgehead atoms. The molecule has 1 atom stereocenters. The molecule has 23 heavy (non-hydrogen) atoms. The quantitative estimate of drug-likeness (QED) is 0.774. The maximum atomic E-state index is 12.6. The van der Waals surface area contributed by atoms with E-state index in [4.69, 9.17) is 9.15 Å². The first-order valence-corrected chi connectivity index (χ1v) is 8.60. The molecule has 0 spiro atoms. The molecule has 0 unspecified atom stereocenters. The van der Waals surface area contributed by atoms with Crippen molar-refractivity contribution in [2.75, 3.05) is 33.8 Å². The van der Waals surface area contributed by atoms with Crippen LogP contribution in [0.4, 0.5) is 0 Å². The molecule has 1 fully saturated rings. The van der Waals surface area contributed by atoms with Gasteiger partial charge in [-0.1, -0.05) is 26.7 Å². The van der Waals surface area contributed by atoms with Crippen LogP contribution in [0, 0.1) is 5.92 Å². The molecule has 130 valence electrons. The zero-order valence-corrected chi connectivity index (χ0v) is 14.9. The average Bonchev–Trinajstić information content (AvgIpc) is 2.94. The number of carbonyl (C=O) groups excluding carboxylic acids is 1. The largest absolute Gasteiger partial charge is 0.455 e. The molecule has 1 aliphatic rings. The van der Waals surface area contributed by atoms with Crippen molar-refractivity contribution >= 4 is 5.91 Å². The average molecular weight is 322 g/mol. The monoisotopic (exact) mass is 322 g/mol. The van der Waals surface area contributed by atoms with Crippen LogP contribution >= 0.6 is 0 Å². The van der Waals surface area contributed by atoms with Crippen LogP contribution in [-0.2, 0) is 11.3 Å². The van der Waals surface area contributed by atoms with Crippen LogP contribution in [0.15, 0.2) is 16.5 Å². The Morgan fingerprint density at radius 2 is 2.17 bits per heavy atom. The van der Waals surface area contributed by atoms with Gasteiger partial charge in [-0.2, -0.15) is 0 Å². The molecule has 1 aromatic heterocycles. The first-order chi connectivity index (χ1) is 11.0. The Morgan fingerprint density at radius 3 is 2.87 bits per heavy atom. The van der Waals surface area contributed by atoms with Crippen molar-refractivity contribution < 1.29 is 13.9 Å². The van der Waals surface area contributed by atoms with Crippen molar-refractivity contribution in [3.8, 4) is 0 Å². The van der Waals surface area contributed by atoms with Crippen molar-refractivity contribution in [2.45, 2.75) is 45.8 Å². The summed E-state index contributed by atoms with van der Waals surface area (Å²) in [6.45, 7) is 7.10. The summed E-state index contributed by atoms with van der Waals surface area (Å²) in [5, 5.41) is 0. The number of hydrogen-bond acceptors (Lipinski definition) is 4. The van der Waals surface area contributed by atoms with E-state index in [0.29, 0.717) is 32.0 Å². The van der Waals surface area contributed by atoms with Gasteiger partial charge in [-0.25, -0.2) is 0 Å². The minimum atomic E-state index is -0.0211. The Hall–Kier alpha value is -1.33. The lowest BCUT2D eigenvalue weighted by Gasteiger charge is -2.32. The maximum absolute atomic E-state index is 12.6. The van der Waals surface area contributed by atoms with E-state index in [-0.39, 0.29) is 12.0 Å². The van der Waals surface area contributed by atoms with E-state index >= 15 is 0 Å². The SMILES string of the molecule is CC(C)CCC[C@H]1CN(C(=O)c2ccc(CN(C)C)o2)CCO1. The summed E-state index contributed by atoms with van der Waals surface area (Å²) in [6, 6.07) is 3.66. The minimum Gasteiger partial charge on any atom is -0.455 e. The Balaban J connectivity index is 1.87. The highest BCUT2D eigenvalue weighted by atomic mass is 16.5. The molecule has 1 amide bonds. The number of hydrogen-bond donors (Lipinski definition) is 0. The highest BCUT2D eigenvalue weighted by Crippen LogP contribution is 2.18. The molecule has 1 saturated heterocycles. The van der Waals surface area contributed by atoms with E-state index in [1.54, 1.807) is 6.07 Å². The second-order valence-corrected chi connectivity index (χ2v) is 7.07. The summed E-state index contributed by atoms with van der Waals surface area (Å²) in [5.41, 5.74) is 0. The summed E-state index contributed by atoms with van der Waals surface area (Å²) in [7, 11) is 3.96. The molecule has 0 N–H and O–H groups in total. The lowest BCUT2D eigenvalue weighted by molar-refractivity contribution is -0.0269. The second kappa shape index (κ2) is 8.50. The summed E-state index contributed by atoms with van der Waals surface area (Å²) < 4.78 is 11.5. The summed E-state index contributed by atoms with van der Waals surface area (Å²) in [6.07, 6.45) is 3.53. The van der Waals surface area contributed by atoms with Gasteiger partial charge < -0.3 is 19.0 Å². The predicted octanol–water partition coefficient (Wildman–Crippen LogP) is 3.01. The van der Waals surface area contributed by atoms with E-state index in [1.165, 1.54) is 6.42 Å². The Labute approximate surface area is 139 Å². The molecular formula is C18H30N2O3. The van der Waals surface area contributed by atoms with Crippen LogP contribution < -0.4 is 0 Å². The normalized spacial score (nSPS) is 18.9. The van der Waals surface area contributed by atoms with Crippen LogP contribution in [0.1, 0.15) is 49.4 Å². The number of amides is 1. The molecular weight excluding hydrogens is 292 g/mol.